The van der Waals surface area contributed by atoms with Crippen molar-refractivity contribution in [3.63, 3.8) is 0 Å². The second-order valence-corrected chi connectivity index (χ2v) is 4.56. The summed E-state index contributed by atoms with van der Waals surface area (Å²) in [6, 6.07) is 0. The minimum absolute atomic E-state index is 0.0774. The van der Waals surface area contributed by atoms with Gasteiger partial charge in [-0.1, -0.05) is 6.92 Å². The van der Waals surface area contributed by atoms with Crippen molar-refractivity contribution in [2.45, 2.75) is 26.9 Å². The van der Waals surface area contributed by atoms with Crippen LogP contribution in [0.4, 0.5) is 0 Å². The van der Waals surface area contributed by atoms with Crippen molar-refractivity contribution in [2.24, 2.45) is 5.92 Å². The van der Waals surface area contributed by atoms with Crippen LogP contribution in [0.3, 0.4) is 0 Å². The Hall–Kier alpha value is -2.04. The highest BCUT2D eigenvalue weighted by atomic mass is 16.5. The molecular weight excluding hydrogens is 236 g/mol. The van der Waals surface area contributed by atoms with Gasteiger partial charge in [0.25, 0.3) is 0 Å². The molecule has 0 amide bonds. The van der Waals surface area contributed by atoms with Gasteiger partial charge in [0.2, 0.25) is 5.78 Å². The number of aliphatic carboxylic acids is 1. The minimum atomic E-state index is -1.43. The monoisotopic (exact) mass is 250 g/mol. The molecule has 2 atom stereocenters. The van der Waals surface area contributed by atoms with Crippen molar-refractivity contribution in [1.29, 1.82) is 0 Å². The van der Waals surface area contributed by atoms with E-state index in [9.17, 15) is 14.7 Å². The molecule has 0 radical (unpaired) electrons. The number of Topliss-reactive ketones (excluding diaryl/α,β-unsaturated/α-hetero) is 1. The highest BCUT2D eigenvalue weighted by molar-refractivity contribution is 6.26. The van der Waals surface area contributed by atoms with Crippen LogP contribution in [0.2, 0.25) is 0 Å². The first kappa shape index (κ1) is 12.4. The maximum absolute atomic E-state index is 12.0. The minimum Gasteiger partial charge on any atom is -0.507 e. The third-order valence-corrected chi connectivity index (χ3v) is 3.53. The van der Waals surface area contributed by atoms with Gasteiger partial charge in [0.15, 0.2) is 0 Å². The molecule has 2 aliphatic rings. The number of hydrogen-bond acceptors (Lipinski definition) is 4. The van der Waals surface area contributed by atoms with Gasteiger partial charge in [-0.05, 0) is 25.0 Å². The summed E-state index contributed by atoms with van der Waals surface area (Å²) >= 11 is 0. The fraction of sp³-hybridized carbons (Fsp3) is 0.385. The Kier molecular flexibility index (Phi) is 2.77. The van der Waals surface area contributed by atoms with Crippen LogP contribution in [0.5, 0.6) is 0 Å². The lowest BCUT2D eigenvalue weighted by molar-refractivity contribution is -0.134. The largest absolute Gasteiger partial charge is 0.507 e. The van der Waals surface area contributed by atoms with E-state index in [1.54, 1.807) is 6.92 Å². The van der Waals surface area contributed by atoms with Gasteiger partial charge in [-0.15, -0.1) is 0 Å². The first-order valence-corrected chi connectivity index (χ1v) is 5.64. The van der Waals surface area contributed by atoms with Gasteiger partial charge in [0.1, 0.15) is 17.4 Å². The zero-order valence-corrected chi connectivity index (χ0v) is 10.4. The number of fused-ring (bicyclic) bond motifs is 1. The summed E-state index contributed by atoms with van der Waals surface area (Å²) < 4.78 is 5.33. The van der Waals surface area contributed by atoms with Gasteiger partial charge in [-0.3, -0.25) is 4.79 Å². The van der Waals surface area contributed by atoms with Crippen LogP contribution < -0.4 is 0 Å². The molecule has 18 heavy (non-hydrogen) atoms. The molecule has 2 N–H and O–H groups in total. The van der Waals surface area contributed by atoms with Crippen molar-refractivity contribution in [2.75, 3.05) is 0 Å². The van der Waals surface area contributed by atoms with Gasteiger partial charge in [-0.25, -0.2) is 4.79 Å². The van der Waals surface area contributed by atoms with E-state index in [1.807, 2.05) is 13.8 Å². The predicted octanol–water partition coefficient (Wildman–Crippen LogP) is 1.72. The quantitative estimate of drug-likeness (QED) is 0.692. The number of aliphatic hydroxyl groups is 1. The fourth-order valence-electron chi connectivity index (χ4n) is 2.31. The average Bonchev–Trinajstić information content (AvgIpc) is 2.29. The molecule has 1 aliphatic heterocycles. The summed E-state index contributed by atoms with van der Waals surface area (Å²) in [6.07, 6.45) is 1.17. The van der Waals surface area contributed by atoms with E-state index in [0.717, 1.165) is 0 Å². The Morgan fingerprint density at radius 2 is 2.00 bits per heavy atom. The molecule has 1 heterocycles. The molecule has 5 heteroatoms. The second-order valence-electron chi connectivity index (χ2n) is 4.56. The molecule has 0 spiro atoms. The van der Waals surface area contributed by atoms with Crippen LogP contribution in [0.15, 0.2) is 34.3 Å². The predicted molar refractivity (Wildman–Crippen MR) is 62.8 cm³/mol. The summed E-state index contributed by atoms with van der Waals surface area (Å²) in [7, 11) is 0. The first-order valence-electron chi connectivity index (χ1n) is 5.64. The summed E-state index contributed by atoms with van der Waals surface area (Å²) in [5.74, 6) is -2.64. The summed E-state index contributed by atoms with van der Waals surface area (Å²) in [5.41, 5.74) is 0.739. The third kappa shape index (κ3) is 1.54. The van der Waals surface area contributed by atoms with Crippen molar-refractivity contribution >= 4 is 11.8 Å². The summed E-state index contributed by atoms with van der Waals surface area (Å²) in [5, 5.41) is 18.8. The van der Waals surface area contributed by atoms with E-state index < -0.39 is 23.1 Å². The number of ether oxygens (including phenoxy) is 1. The smallest absolute Gasteiger partial charge is 0.343 e. The number of aliphatic hydroxyl groups excluding tert-OH is 1. The maximum Gasteiger partial charge on any atom is 0.343 e. The molecule has 0 bridgehead atoms. The van der Waals surface area contributed by atoms with Gasteiger partial charge in [-0.2, -0.15) is 0 Å². The number of ketones is 1. The van der Waals surface area contributed by atoms with E-state index in [-0.39, 0.29) is 17.6 Å². The van der Waals surface area contributed by atoms with Crippen molar-refractivity contribution < 1.29 is 24.5 Å². The summed E-state index contributed by atoms with van der Waals surface area (Å²) in [6.45, 7) is 5.35. The van der Waals surface area contributed by atoms with Gasteiger partial charge in [0, 0.05) is 5.92 Å². The van der Waals surface area contributed by atoms with Crippen LogP contribution in [0.1, 0.15) is 20.8 Å². The van der Waals surface area contributed by atoms with Crippen molar-refractivity contribution in [1.82, 2.24) is 0 Å². The first-order chi connectivity index (χ1) is 8.36. The molecule has 0 saturated heterocycles. The SMILES string of the molecule is CC1=C2C(=CO[C@H](C)[C@@H]2C)C(=O)C(C(=O)O)=C1O. The molecule has 0 aromatic heterocycles. The van der Waals surface area contributed by atoms with Crippen molar-refractivity contribution in [3.05, 3.63) is 34.3 Å². The zero-order valence-electron chi connectivity index (χ0n) is 10.4. The molecule has 96 valence electrons. The Balaban J connectivity index is 2.69. The number of carboxylic acids is 1. The molecule has 1 aliphatic carbocycles. The molecule has 0 saturated carbocycles. The van der Waals surface area contributed by atoms with Crippen LogP contribution >= 0.6 is 0 Å². The standard InChI is InChI=1S/C13H14O5/c1-5-7(3)18-4-8-9(5)6(2)11(14)10(12(8)15)13(16)17/h4-5,7,14H,1-3H3,(H,16,17)/t5-,7+/m0/s1. The average molecular weight is 250 g/mol. The topological polar surface area (TPSA) is 83.8 Å². The molecule has 0 aromatic carbocycles. The third-order valence-electron chi connectivity index (χ3n) is 3.53. The maximum atomic E-state index is 12.0. The normalized spacial score (nSPS) is 27.7. The molecular formula is C13H14O5. The zero-order chi connectivity index (χ0) is 13.6. The molecule has 0 fully saturated rings. The van der Waals surface area contributed by atoms with Gasteiger partial charge in [0.05, 0.1) is 11.8 Å². The second kappa shape index (κ2) is 4.01. The fourth-order valence-corrected chi connectivity index (χ4v) is 2.31. The Labute approximate surface area is 104 Å². The van der Waals surface area contributed by atoms with E-state index >= 15 is 0 Å². The highest BCUT2D eigenvalue weighted by Crippen LogP contribution is 2.39. The lowest BCUT2D eigenvalue weighted by Crippen LogP contribution is -2.32. The Morgan fingerprint density at radius 1 is 1.39 bits per heavy atom. The molecule has 5 nitrogen and oxygen atoms in total. The lowest BCUT2D eigenvalue weighted by atomic mass is 9.78. The lowest BCUT2D eigenvalue weighted by Gasteiger charge is -2.32. The number of rotatable bonds is 1. The van der Waals surface area contributed by atoms with Crippen LogP contribution in [-0.4, -0.2) is 28.1 Å². The van der Waals surface area contributed by atoms with E-state index in [1.165, 1.54) is 6.26 Å². The van der Waals surface area contributed by atoms with E-state index in [4.69, 9.17) is 9.84 Å². The number of carbonyl (C=O) groups excluding carboxylic acids is 1. The Morgan fingerprint density at radius 3 is 2.56 bits per heavy atom. The number of allylic oxidation sites excluding steroid dienone is 2. The molecule has 2 rings (SSSR count). The van der Waals surface area contributed by atoms with E-state index in [2.05, 4.69) is 0 Å². The number of hydrogen-bond donors (Lipinski definition) is 2. The van der Waals surface area contributed by atoms with Crippen LogP contribution in [-0.2, 0) is 14.3 Å². The summed E-state index contributed by atoms with van der Waals surface area (Å²) in [4.78, 5) is 23.0. The van der Waals surface area contributed by atoms with E-state index in [0.29, 0.717) is 11.1 Å². The van der Waals surface area contributed by atoms with Gasteiger partial charge >= 0.3 is 5.97 Å². The number of carboxylic acid groups (broad SMARTS) is 1. The molecule has 0 unspecified atom stereocenters. The van der Waals surface area contributed by atoms with Crippen LogP contribution in [0, 0.1) is 5.92 Å². The highest BCUT2D eigenvalue weighted by Gasteiger charge is 2.39. The van der Waals surface area contributed by atoms with Crippen molar-refractivity contribution in [3.8, 4) is 0 Å². The molecule has 0 aromatic rings. The number of carbonyl (C=O) groups is 2. The van der Waals surface area contributed by atoms with Gasteiger partial charge < -0.3 is 14.9 Å². The van der Waals surface area contributed by atoms with Crippen LogP contribution in [0.25, 0.3) is 0 Å². The Bertz CT molecular complexity index is 536.